The average Bonchev–Trinajstić information content (AvgIpc) is 2.63. The van der Waals surface area contributed by atoms with Crippen LogP contribution in [0, 0.1) is 0 Å². The van der Waals surface area contributed by atoms with E-state index in [1.807, 2.05) is 0 Å². The summed E-state index contributed by atoms with van der Waals surface area (Å²) >= 11 is 3.04. The van der Waals surface area contributed by atoms with Crippen molar-refractivity contribution in [2.24, 2.45) is 0 Å². The van der Waals surface area contributed by atoms with E-state index < -0.39 is 31.7 Å². The molecule has 1 N–H and O–H groups in total. The second kappa shape index (κ2) is 5.83. The molecule has 0 aliphatic rings. The lowest BCUT2D eigenvalue weighted by Crippen LogP contribution is -2.33. The quantitative estimate of drug-likeness (QED) is 0.819. The average molecular weight is 321 g/mol. The molecule has 0 radical (unpaired) electrons. The standard InChI is InChI=1S/C9H9BrF4O3/c10-5-1-2-17-7(5)6(15)3-16-4-9(13,14)8(11)12/h1-2,6,8,15H,3-4H2. The van der Waals surface area contributed by atoms with Gasteiger partial charge >= 0.3 is 12.3 Å². The molecular weight excluding hydrogens is 312 g/mol. The van der Waals surface area contributed by atoms with Crippen LogP contribution in [0.3, 0.4) is 0 Å². The lowest BCUT2D eigenvalue weighted by Gasteiger charge is -2.16. The highest BCUT2D eigenvalue weighted by atomic mass is 79.9. The maximum absolute atomic E-state index is 12.4. The van der Waals surface area contributed by atoms with E-state index in [4.69, 9.17) is 4.42 Å². The summed E-state index contributed by atoms with van der Waals surface area (Å²) in [7, 11) is 0. The molecule has 8 heteroatoms. The van der Waals surface area contributed by atoms with Crippen LogP contribution in [0.25, 0.3) is 0 Å². The molecule has 1 unspecified atom stereocenters. The summed E-state index contributed by atoms with van der Waals surface area (Å²) in [6, 6.07) is 1.49. The number of ether oxygens (including phenoxy) is 1. The molecule has 0 fully saturated rings. The van der Waals surface area contributed by atoms with Gasteiger partial charge in [-0.05, 0) is 22.0 Å². The Morgan fingerprint density at radius 1 is 1.47 bits per heavy atom. The van der Waals surface area contributed by atoms with Crippen LogP contribution in [0.5, 0.6) is 0 Å². The minimum Gasteiger partial charge on any atom is -0.465 e. The van der Waals surface area contributed by atoms with Gasteiger partial charge in [0.25, 0.3) is 0 Å². The lowest BCUT2D eigenvalue weighted by atomic mass is 10.3. The van der Waals surface area contributed by atoms with E-state index in [0.29, 0.717) is 4.47 Å². The number of rotatable bonds is 6. The first kappa shape index (κ1) is 14.5. The number of aliphatic hydroxyl groups excluding tert-OH is 1. The lowest BCUT2D eigenvalue weighted by molar-refractivity contribution is -0.171. The number of alkyl halides is 4. The van der Waals surface area contributed by atoms with E-state index in [1.54, 1.807) is 0 Å². The maximum atomic E-state index is 12.4. The smallest absolute Gasteiger partial charge is 0.330 e. The van der Waals surface area contributed by atoms with Gasteiger partial charge in [0.15, 0.2) is 0 Å². The van der Waals surface area contributed by atoms with Crippen LogP contribution in [-0.4, -0.2) is 30.7 Å². The molecule has 0 spiro atoms. The second-order valence-electron chi connectivity index (χ2n) is 3.23. The van der Waals surface area contributed by atoms with Crippen molar-refractivity contribution in [3.8, 4) is 0 Å². The van der Waals surface area contributed by atoms with Gasteiger partial charge in [0.2, 0.25) is 0 Å². The molecule has 0 bridgehead atoms. The third kappa shape index (κ3) is 3.97. The van der Waals surface area contributed by atoms with Gasteiger partial charge < -0.3 is 14.3 Å². The highest BCUT2D eigenvalue weighted by Gasteiger charge is 2.41. The first-order valence-corrected chi connectivity index (χ1v) is 5.28. The molecule has 0 amide bonds. The van der Waals surface area contributed by atoms with Crippen LogP contribution in [0.2, 0.25) is 0 Å². The summed E-state index contributed by atoms with van der Waals surface area (Å²) < 4.78 is 58.0. The van der Waals surface area contributed by atoms with E-state index >= 15 is 0 Å². The third-order valence-corrected chi connectivity index (χ3v) is 2.49. The molecule has 3 nitrogen and oxygen atoms in total. The normalized spacial score (nSPS) is 14.3. The molecule has 17 heavy (non-hydrogen) atoms. The Balaban J connectivity index is 2.40. The Morgan fingerprint density at radius 3 is 2.59 bits per heavy atom. The summed E-state index contributed by atoms with van der Waals surface area (Å²) in [5, 5.41) is 9.44. The number of hydrogen-bond donors (Lipinski definition) is 1. The molecule has 98 valence electrons. The Morgan fingerprint density at radius 2 is 2.12 bits per heavy atom. The van der Waals surface area contributed by atoms with Crippen molar-refractivity contribution in [3.05, 3.63) is 22.6 Å². The summed E-state index contributed by atoms with van der Waals surface area (Å²) in [4.78, 5) is 0. The van der Waals surface area contributed by atoms with E-state index in [1.165, 1.54) is 12.3 Å². The molecule has 1 aromatic heterocycles. The molecule has 0 aromatic carbocycles. The van der Waals surface area contributed by atoms with Gasteiger partial charge in [-0.1, -0.05) is 0 Å². The van der Waals surface area contributed by atoms with Crippen LogP contribution >= 0.6 is 15.9 Å². The SMILES string of the molecule is OC(COCC(F)(F)C(F)F)c1occc1Br. The minimum atomic E-state index is -4.22. The molecule has 0 aliphatic carbocycles. The molecular formula is C9H9BrF4O3. The molecule has 1 atom stereocenters. The van der Waals surface area contributed by atoms with E-state index in [0.717, 1.165) is 0 Å². The molecule has 1 aromatic rings. The molecule has 1 heterocycles. The van der Waals surface area contributed by atoms with Gasteiger partial charge in [0.05, 0.1) is 17.3 Å². The fourth-order valence-corrected chi connectivity index (χ4v) is 1.45. The summed E-state index contributed by atoms with van der Waals surface area (Å²) in [6.07, 6.45) is -3.82. The van der Waals surface area contributed by atoms with Gasteiger partial charge in [-0.2, -0.15) is 8.78 Å². The zero-order valence-corrected chi connectivity index (χ0v) is 9.96. The largest absolute Gasteiger partial charge is 0.465 e. The highest BCUT2D eigenvalue weighted by Crippen LogP contribution is 2.26. The number of hydrogen-bond acceptors (Lipinski definition) is 3. The van der Waals surface area contributed by atoms with Gasteiger partial charge in [0, 0.05) is 0 Å². The van der Waals surface area contributed by atoms with Crippen LogP contribution in [0.1, 0.15) is 11.9 Å². The van der Waals surface area contributed by atoms with Crippen molar-refractivity contribution >= 4 is 15.9 Å². The van der Waals surface area contributed by atoms with E-state index in [2.05, 4.69) is 20.7 Å². The fourth-order valence-electron chi connectivity index (χ4n) is 0.989. The Labute approximate surface area is 102 Å². The van der Waals surface area contributed by atoms with Crippen molar-refractivity contribution in [1.29, 1.82) is 0 Å². The molecule has 1 rings (SSSR count). The van der Waals surface area contributed by atoms with Gasteiger partial charge in [-0.3, -0.25) is 0 Å². The van der Waals surface area contributed by atoms with E-state index in [-0.39, 0.29) is 5.76 Å². The van der Waals surface area contributed by atoms with Crippen LogP contribution in [-0.2, 0) is 4.74 Å². The Kier molecular flexibility index (Phi) is 4.96. The van der Waals surface area contributed by atoms with Gasteiger partial charge in [-0.25, -0.2) is 8.78 Å². The first-order chi connectivity index (χ1) is 7.84. The zero-order chi connectivity index (χ0) is 13.1. The zero-order valence-electron chi connectivity index (χ0n) is 8.38. The Hall–Kier alpha value is -0.600. The van der Waals surface area contributed by atoms with Crippen molar-refractivity contribution in [3.63, 3.8) is 0 Å². The predicted octanol–water partition coefficient (Wildman–Crippen LogP) is 2.99. The third-order valence-electron chi connectivity index (χ3n) is 1.84. The maximum Gasteiger partial charge on any atom is 0.330 e. The Bertz CT molecular complexity index is 356. The number of halogens is 5. The van der Waals surface area contributed by atoms with Crippen LogP contribution < -0.4 is 0 Å². The minimum absolute atomic E-state index is 0.0883. The first-order valence-electron chi connectivity index (χ1n) is 4.49. The topological polar surface area (TPSA) is 42.6 Å². The van der Waals surface area contributed by atoms with Gasteiger partial charge in [0.1, 0.15) is 18.5 Å². The molecule has 0 aliphatic heterocycles. The molecule has 0 saturated heterocycles. The monoisotopic (exact) mass is 320 g/mol. The van der Waals surface area contributed by atoms with E-state index in [9.17, 15) is 22.7 Å². The highest BCUT2D eigenvalue weighted by molar-refractivity contribution is 9.10. The van der Waals surface area contributed by atoms with Crippen molar-refractivity contribution in [1.82, 2.24) is 0 Å². The van der Waals surface area contributed by atoms with Crippen molar-refractivity contribution < 1.29 is 31.8 Å². The number of aliphatic hydroxyl groups is 1. The summed E-state index contributed by atoms with van der Waals surface area (Å²) in [5.74, 6) is -4.13. The summed E-state index contributed by atoms with van der Waals surface area (Å²) in [5.41, 5.74) is 0. The number of furan rings is 1. The van der Waals surface area contributed by atoms with Crippen molar-refractivity contribution in [2.45, 2.75) is 18.5 Å². The molecule has 0 saturated carbocycles. The van der Waals surface area contributed by atoms with Crippen molar-refractivity contribution in [2.75, 3.05) is 13.2 Å². The van der Waals surface area contributed by atoms with Crippen LogP contribution in [0.15, 0.2) is 21.2 Å². The van der Waals surface area contributed by atoms with Gasteiger partial charge in [-0.15, -0.1) is 0 Å². The second-order valence-corrected chi connectivity index (χ2v) is 4.08. The summed E-state index contributed by atoms with van der Waals surface area (Å²) in [6.45, 7) is -2.02. The fraction of sp³-hybridized carbons (Fsp3) is 0.556. The predicted molar refractivity (Wildman–Crippen MR) is 53.1 cm³/mol. The van der Waals surface area contributed by atoms with Crippen LogP contribution in [0.4, 0.5) is 17.6 Å².